The summed E-state index contributed by atoms with van der Waals surface area (Å²) in [6.07, 6.45) is 0.676. The molecule has 0 amide bonds. The molecule has 4 rings (SSSR count). The van der Waals surface area contributed by atoms with Crippen molar-refractivity contribution in [1.29, 1.82) is 0 Å². The lowest BCUT2D eigenvalue weighted by Crippen LogP contribution is -2.38. The molecule has 7 heteroatoms. The number of hydrogen-bond donors (Lipinski definition) is 0. The highest BCUT2D eigenvalue weighted by Gasteiger charge is 2.31. The van der Waals surface area contributed by atoms with Crippen LogP contribution in [0.3, 0.4) is 0 Å². The Morgan fingerprint density at radius 3 is 2.71 bits per heavy atom. The molecule has 1 fully saturated rings. The van der Waals surface area contributed by atoms with Crippen LogP contribution in [0.5, 0.6) is 5.75 Å². The SMILES string of the molecule is COC(=O)C1CSCN1Cc1ccc(OCCc2nc(-c3ccccc3)oc2C)cc1. The number of aromatic nitrogens is 1. The second kappa shape index (κ2) is 10.0. The summed E-state index contributed by atoms with van der Waals surface area (Å²) < 4.78 is 16.6. The fourth-order valence-electron chi connectivity index (χ4n) is 3.54. The van der Waals surface area contributed by atoms with Crippen LogP contribution in [-0.2, 0) is 22.5 Å². The summed E-state index contributed by atoms with van der Waals surface area (Å²) in [6, 6.07) is 17.7. The molecule has 0 spiro atoms. The molecular formula is C24H26N2O4S. The molecule has 2 aromatic carbocycles. The molecule has 0 N–H and O–H groups in total. The normalized spacial score (nSPS) is 16.4. The van der Waals surface area contributed by atoms with Gasteiger partial charge in [0.1, 0.15) is 17.6 Å². The minimum absolute atomic E-state index is 0.163. The van der Waals surface area contributed by atoms with E-state index in [1.165, 1.54) is 7.11 Å². The number of carbonyl (C=O) groups excluding carboxylic acids is 1. The van der Waals surface area contributed by atoms with Crippen molar-refractivity contribution < 1.29 is 18.7 Å². The van der Waals surface area contributed by atoms with E-state index in [1.807, 2.05) is 61.5 Å². The average Bonchev–Trinajstić information content (AvgIpc) is 3.41. The highest BCUT2D eigenvalue weighted by Crippen LogP contribution is 2.25. The summed E-state index contributed by atoms with van der Waals surface area (Å²) in [5.41, 5.74) is 3.03. The van der Waals surface area contributed by atoms with Gasteiger partial charge in [-0.15, -0.1) is 11.8 Å². The monoisotopic (exact) mass is 438 g/mol. The molecule has 0 saturated carbocycles. The average molecular weight is 439 g/mol. The Bertz CT molecular complexity index is 1000. The van der Waals surface area contributed by atoms with Crippen LogP contribution in [-0.4, -0.2) is 47.2 Å². The zero-order valence-electron chi connectivity index (χ0n) is 17.7. The van der Waals surface area contributed by atoms with Crippen molar-refractivity contribution in [2.24, 2.45) is 0 Å². The van der Waals surface area contributed by atoms with Crippen LogP contribution in [0.15, 0.2) is 59.0 Å². The Balaban J connectivity index is 1.29. The van der Waals surface area contributed by atoms with Crippen LogP contribution in [0.4, 0.5) is 0 Å². The van der Waals surface area contributed by atoms with E-state index in [9.17, 15) is 4.79 Å². The molecule has 1 saturated heterocycles. The van der Waals surface area contributed by atoms with Crippen molar-refractivity contribution in [3.63, 3.8) is 0 Å². The van der Waals surface area contributed by atoms with Gasteiger partial charge in [-0.3, -0.25) is 9.69 Å². The van der Waals surface area contributed by atoms with E-state index in [1.54, 1.807) is 11.8 Å². The maximum Gasteiger partial charge on any atom is 0.323 e. The lowest BCUT2D eigenvalue weighted by molar-refractivity contribution is -0.145. The predicted octanol–water partition coefficient (Wildman–Crippen LogP) is 4.32. The molecule has 2 heterocycles. The number of nitrogens with zero attached hydrogens (tertiary/aromatic N) is 2. The van der Waals surface area contributed by atoms with Crippen molar-refractivity contribution in [2.45, 2.75) is 25.9 Å². The molecule has 0 aliphatic carbocycles. The van der Waals surface area contributed by atoms with Gasteiger partial charge in [-0.1, -0.05) is 30.3 Å². The number of thioether (sulfide) groups is 1. The summed E-state index contributed by atoms with van der Waals surface area (Å²) in [4.78, 5) is 18.7. The van der Waals surface area contributed by atoms with Gasteiger partial charge < -0.3 is 13.9 Å². The van der Waals surface area contributed by atoms with Crippen molar-refractivity contribution in [1.82, 2.24) is 9.88 Å². The van der Waals surface area contributed by atoms with Gasteiger partial charge in [-0.2, -0.15) is 0 Å². The molecule has 3 aromatic rings. The molecule has 1 aliphatic heterocycles. The zero-order valence-corrected chi connectivity index (χ0v) is 18.6. The maximum atomic E-state index is 11.9. The number of aryl methyl sites for hydroxylation is 1. The quantitative estimate of drug-likeness (QED) is 0.485. The van der Waals surface area contributed by atoms with Gasteiger partial charge in [0.2, 0.25) is 5.89 Å². The first-order valence-corrected chi connectivity index (χ1v) is 11.4. The van der Waals surface area contributed by atoms with Gasteiger partial charge in [0.15, 0.2) is 0 Å². The molecule has 1 aliphatic rings. The van der Waals surface area contributed by atoms with Gasteiger partial charge in [0.05, 0.1) is 19.4 Å². The van der Waals surface area contributed by atoms with Gasteiger partial charge in [0, 0.05) is 30.2 Å². The largest absolute Gasteiger partial charge is 0.493 e. The number of methoxy groups -OCH3 is 1. The topological polar surface area (TPSA) is 64.8 Å². The Morgan fingerprint density at radius 1 is 1.19 bits per heavy atom. The van der Waals surface area contributed by atoms with Crippen molar-refractivity contribution >= 4 is 17.7 Å². The smallest absolute Gasteiger partial charge is 0.323 e. The van der Waals surface area contributed by atoms with E-state index in [4.69, 9.17) is 13.9 Å². The fourth-order valence-corrected chi connectivity index (χ4v) is 4.72. The molecule has 1 atom stereocenters. The number of ether oxygens (including phenoxy) is 2. The maximum absolute atomic E-state index is 11.9. The van der Waals surface area contributed by atoms with E-state index in [0.29, 0.717) is 25.5 Å². The summed E-state index contributed by atoms with van der Waals surface area (Å²) in [6.45, 7) is 3.17. The van der Waals surface area contributed by atoms with Crippen LogP contribution < -0.4 is 4.74 Å². The van der Waals surface area contributed by atoms with Crippen LogP contribution in [0.1, 0.15) is 17.0 Å². The number of carbonyl (C=O) groups is 1. The lowest BCUT2D eigenvalue weighted by atomic mass is 10.2. The molecule has 0 bridgehead atoms. The molecule has 0 radical (unpaired) electrons. The van der Waals surface area contributed by atoms with E-state index < -0.39 is 0 Å². The Kier molecular flexibility index (Phi) is 6.94. The fraction of sp³-hybridized carbons (Fsp3) is 0.333. The summed E-state index contributed by atoms with van der Waals surface area (Å²) in [7, 11) is 1.44. The van der Waals surface area contributed by atoms with Crippen LogP contribution in [0.25, 0.3) is 11.5 Å². The molecular weight excluding hydrogens is 412 g/mol. The summed E-state index contributed by atoms with van der Waals surface area (Å²) in [5, 5.41) is 0. The highest BCUT2D eigenvalue weighted by molar-refractivity contribution is 7.99. The van der Waals surface area contributed by atoms with Gasteiger partial charge in [-0.05, 0) is 36.8 Å². The third kappa shape index (κ3) is 5.29. The lowest BCUT2D eigenvalue weighted by Gasteiger charge is -2.21. The van der Waals surface area contributed by atoms with E-state index >= 15 is 0 Å². The zero-order chi connectivity index (χ0) is 21.6. The van der Waals surface area contributed by atoms with Crippen LogP contribution in [0.2, 0.25) is 0 Å². The van der Waals surface area contributed by atoms with Crippen molar-refractivity contribution in [3.8, 4) is 17.2 Å². The standard InChI is InChI=1S/C24H26N2O4S/c1-17-21(25-23(30-17)19-6-4-3-5-7-19)12-13-29-20-10-8-18(9-11-20)14-26-16-31-15-22(26)24(27)28-2/h3-11,22H,12-16H2,1-2H3. The highest BCUT2D eigenvalue weighted by atomic mass is 32.2. The second-order valence-corrected chi connectivity index (χ2v) is 8.42. The number of hydrogen-bond acceptors (Lipinski definition) is 7. The van der Waals surface area contributed by atoms with E-state index in [0.717, 1.165) is 40.0 Å². The first-order valence-electron chi connectivity index (χ1n) is 10.3. The summed E-state index contributed by atoms with van der Waals surface area (Å²) in [5.74, 6) is 3.72. The van der Waals surface area contributed by atoms with Crippen molar-refractivity contribution in [2.75, 3.05) is 25.3 Å². The first-order chi connectivity index (χ1) is 15.1. The van der Waals surface area contributed by atoms with E-state index in [-0.39, 0.29) is 12.0 Å². The second-order valence-electron chi connectivity index (χ2n) is 7.42. The first kappa shape index (κ1) is 21.5. The minimum Gasteiger partial charge on any atom is -0.493 e. The molecule has 162 valence electrons. The van der Waals surface area contributed by atoms with Crippen LogP contribution >= 0.6 is 11.8 Å². The van der Waals surface area contributed by atoms with Gasteiger partial charge in [-0.25, -0.2) is 4.98 Å². The van der Waals surface area contributed by atoms with Gasteiger partial charge in [0.25, 0.3) is 0 Å². The molecule has 31 heavy (non-hydrogen) atoms. The minimum atomic E-state index is -0.169. The number of rotatable bonds is 8. The third-order valence-corrected chi connectivity index (χ3v) is 6.34. The molecule has 1 unspecified atom stereocenters. The van der Waals surface area contributed by atoms with E-state index in [2.05, 4.69) is 9.88 Å². The number of oxazole rings is 1. The number of esters is 1. The number of benzene rings is 2. The third-order valence-electron chi connectivity index (χ3n) is 5.28. The molecule has 6 nitrogen and oxygen atoms in total. The Morgan fingerprint density at radius 2 is 1.97 bits per heavy atom. The Hall–Kier alpha value is -2.77. The van der Waals surface area contributed by atoms with Crippen molar-refractivity contribution in [3.05, 3.63) is 71.6 Å². The van der Waals surface area contributed by atoms with Crippen LogP contribution in [0, 0.1) is 6.92 Å². The predicted molar refractivity (Wildman–Crippen MR) is 121 cm³/mol. The Labute approximate surface area is 186 Å². The van der Waals surface area contributed by atoms with Gasteiger partial charge >= 0.3 is 5.97 Å². The molecule has 1 aromatic heterocycles. The summed E-state index contributed by atoms with van der Waals surface area (Å²) >= 11 is 1.75.